The van der Waals surface area contributed by atoms with Crippen LogP contribution in [0.4, 0.5) is 0 Å². The first-order chi connectivity index (χ1) is 11.2. The maximum Gasteiger partial charge on any atom is 0.337 e. The molecule has 0 aliphatic carbocycles. The Morgan fingerprint density at radius 3 is 2.39 bits per heavy atom. The summed E-state index contributed by atoms with van der Waals surface area (Å²) >= 11 is 6.15. The number of pyridine rings is 2. The van der Waals surface area contributed by atoms with E-state index in [-0.39, 0.29) is 0 Å². The van der Waals surface area contributed by atoms with Crippen molar-refractivity contribution in [3.8, 4) is 0 Å². The van der Waals surface area contributed by atoms with Gasteiger partial charge in [-0.05, 0) is 18.2 Å². The van der Waals surface area contributed by atoms with Crippen LogP contribution in [-0.4, -0.2) is 23.0 Å². The third kappa shape index (κ3) is 3.96. The van der Waals surface area contributed by atoms with Crippen molar-refractivity contribution in [3.63, 3.8) is 0 Å². The van der Waals surface area contributed by atoms with Gasteiger partial charge in [0.25, 0.3) is 0 Å². The van der Waals surface area contributed by atoms with E-state index in [0.717, 1.165) is 16.2 Å². The van der Waals surface area contributed by atoms with Gasteiger partial charge in [0.15, 0.2) is 0 Å². The summed E-state index contributed by atoms with van der Waals surface area (Å²) in [6.45, 7) is 8.00. The van der Waals surface area contributed by atoms with Gasteiger partial charge in [0.05, 0.1) is 18.2 Å². The maximum atomic E-state index is 11.5. The predicted molar refractivity (Wildman–Crippen MR) is 96.1 cm³/mol. The lowest BCUT2D eigenvalue weighted by atomic mass is 10.1. The second-order valence-electron chi connectivity index (χ2n) is 4.05. The van der Waals surface area contributed by atoms with Crippen molar-refractivity contribution in [2.75, 3.05) is 7.11 Å². The molecule has 0 saturated carbocycles. The largest absolute Gasteiger partial charge is 0.465 e. The molecule has 0 aliphatic heterocycles. The molecule has 0 aliphatic rings. The molecule has 0 N–H and O–H groups in total. The highest BCUT2D eigenvalue weighted by atomic mass is 35.5. The van der Waals surface area contributed by atoms with Crippen LogP contribution in [0.3, 0.4) is 0 Å². The van der Waals surface area contributed by atoms with Gasteiger partial charge in [0.1, 0.15) is 5.15 Å². The molecule has 0 radical (unpaired) electrons. The van der Waals surface area contributed by atoms with Crippen molar-refractivity contribution < 1.29 is 9.53 Å². The number of ether oxygens (including phenoxy) is 1. The molecule has 4 nitrogen and oxygen atoms in total. The number of rotatable bonds is 1. The molecule has 0 amide bonds. The first-order valence-corrected chi connectivity index (χ1v) is 8.00. The van der Waals surface area contributed by atoms with Gasteiger partial charge in [-0.1, -0.05) is 45.4 Å². The van der Waals surface area contributed by atoms with Crippen molar-refractivity contribution >= 4 is 39.2 Å². The van der Waals surface area contributed by atoms with Crippen LogP contribution in [0.2, 0.25) is 5.15 Å². The number of fused-ring (bicyclic) bond motifs is 3. The maximum absolute atomic E-state index is 11.5. The number of hydrogen-bond donors (Lipinski definition) is 0. The van der Waals surface area contributed by atoms with Crippen LogP contribution in [0.5, 0.6) is 0 Å². The zero-order valence-corrected chi connectivity index (χ0v) is 14.8. The summed E-state index contributed by atoms with van der Waals surface area (Å²) in [5.41, 5.74) is 1.09. The summed E-state index contributed by atoms with van der Waals surface area (Å²) < 4.78 is 4.69. The van der Waals surface area contributed by atoms with Crippen molar-refractivity contribution in [1.29, 1.82) is 0 Å². The molecule has 0 atom stereocenters. The standard InChI is InChI=1S/C14H9ClN2O2.2C2H6/c1-19-14(18)8-2-3-9-11-7-16-5-4-10(11)13(15)17-12(9)6-8;2*1-2/h2-7H,1H3;2*1-2H3. The Balaban J connectivity index is 0.000000615. The van der Waals surface area contributed by atoms with Gasteiger partial charge in [-0.15, -0.1) is 0 Å². The van der Waals surface area contributed by atoms with Crippen molar-refractivity contribution in [2.24, 2.45) is 0 Å². The summed E-state index contributed by atoms with van der Waals surface area (Å²) in [4.78, 5) is 19.9. The number of benzene rings is 1. The first-order valence-electron chi connectivity index (χ1n) is 7.62. The Hall–Kier alpha value is -2.20. The molecular weight excluding hydrogens is 312 g/mol. The van der Waals surface area contributed by atoms with E-state index in [1.807, 2.05) is 39.8 Å². The quantitative estimate of drug-likeness (QED) is 0.346. The number of methoxy groups -OCH3 is 1. The summed E-state index contributed by atoms with van der Waals surface area (Å²) in [7, 11) is 1.34. The van der Waals surface area contributed by atoms with Crippen LogP contribution in [0, 0.1) is 0 Å². The van der Waals surface area contributed by atoms with E-state index in [4.69, 9.17) is 16.3 Å². The topological polar surface area (TPSA) is 52.1 Å². The molecule has 5 heteroatoms. The molecule has 2 heterocycles. The van der Waals surface area contributed by atoms with Gasteiger partial charge in [0, 0.05) is 28.6 Å². The van der Waals surface area contributed by atoms with Gasteiger partial charge >= 0.3 is 5.97 Å². The smallest absolute Gasteiger partial charge is 0.337 e. The summed E-state index contributed by atoms with van der Waals surface area (Å²) in [5.74, 6) is -0.397. The fraction of sp³-hybridized carbons (Fsp3) is 0.278. The summed E-state index contributed by atoms with van der Waals surface area (Å²) in [6, 6.07) is 7.02. The molecule has 0 saturated heterocycles. The zero-order chi connectivity index (χ0) is 17.4. The van der Waals surface area contributed by atoms with Crippen LogP contribution >= 0.6 is 11.6 Å². The number of hydrogen-bond acceptors (Lipinski definition) is 4. The normalized spacial score (nSPS) is 9.48. The van der Waals surface area contributed by atoms with Crippen molar-refractivity contribution in [2.45, 2.75) is 27.7 Å². The molecule has 0 spiro atoms. The number of carbonyl (C=O) groups excluding carboxylic acids is 1. The molecule has 3 aromatic rings. The molecule has 23 heavy (non-hydrogen) atoms. The van der Waals surface area contributed by atoms with Crippen LogP contribution in [0.25, 0.3) is 21.7 Å². The molecule has 0 bridgehead atoms. The lowest BCUT2D eigenvalue weighted by Crippen LogP contribution is -2.01. The van der Waals surface area contributed by atoms with Gasteiger partial charge in [-0.2, -0.15) is 0 Å². The van der Waals surface area contributed by atoms with E-state index in [9.17, 15) is 4.79 Å². The Morgan fingerprint density at radius 1 is 1.04 bits per heavy atom. The van der Waals surface area contributed by atoms with Crippen LogP contribution < -0.4 is 0 Å². The van der Waals surface area contributed by atoms with Crippen LogP contribution in [0.15, 0.2) is 36.7 Å². The third-order valence-electron chi connectivity index (χ3n) is 2.97. The van der Waals surface area contributed by atoms with E-state index < -0.39 is 5.97 Å². The minimum atomic E-state index is -0.397. The average molecular weight is 333 g/mol. The number of aromatic nitrogens is 2. The molecule has 1 aromatic carbocycles. The predicted octanol–water partition coefficient (Wildman–Crippen LogP) is 5.28. The van der Waals surface area contributed by atoms with Crippen LogP contribution in [-0.2, 0) is 4.74 Å². The van der Waals surface area contributed by atoms with E-state index in [1.165, 1.54) is 7.11 Å². The van der Waals surface area contributed by atoms with Crippen molar-refractivity contribution in [3.05, 3.63) is 47.4 Å². The Morgan fingerprint density at radius 2 is 1.74 bits per heavy atom. The average Bonchev–Trinajstić information content (AvgIpc) is 2.64. The van der Waals surface area contributed by atoms with E-state index in [2.05, 4.69) is 9.97 Å². The van der Waals surface area contributed by atoms with Gasteiger partial charge in [-0.3, -0.25) is 4.98 Å². The first kappa shape index (κ1) is 18.8. The number of esters is 1. The fourth-order valence-corrected chi connectivity index (χ4v) is 2.31. The summed E-state index contributed by atoms with van der Waals surface area (Å²) in [6.07, 6.45) is 3.41. The van der Waals surface area contributed by atoms with Crippen LogP contribution in [0.1, 0.15) is 38.1 Å². The SMILES string of the molecule is CC.CC.COC(=O)c1ccc2c(c1)nc(Cl)c1ccncc12. The van der Waals surface area contributed by atoms with Gasteiger partial charge < -0.3 is 4.74 Å². The third-order valence-corrected chi connectivity index (χ3v) is 3.26. The highest BCUT2D eigenvalue weighted by Gasteiger charge is 2.10. The fourth-order valence-electron chi connectivity index (χ4n) is 2.05. The molecule has 0 fully saturated rings. The van der Waals surface area contributed by atoms with Gasteiger partial charge in [0.2, 0.25) is 0 Å². The zero-order valence-electron chi connectivity index (χ0n) is 14.1. The van der Waals surface area contributed by atoms with Crippen molar-refractivity contribution in [1.82, 2.24) is 9.97 Å². The minimum Gasteiger partial charge on any atom is -0.465 e. The number of carbonyl (C=O) groups is 1. The van der Waals surface area contributed by atoms with E-state index in [0.29, 0.717) is 16.2 Å². The lowest BCUT2D eigenvalue weighted by Gasteiger charge is -2.06. The Bertz CT molecular complexity index is 803. The second kappa shape index (κ2) is 9.06. The molecule has 0 unspecified atom stereocenters. The lowest BCUT2D eigenvalue weighted by molar-refractivity contribution is 0.0601. The van der Waals surface area contributed by atoms with E-state index in [1.54, 1.807) is 24.5 Å². The molecular formula is C18H21ClN2O2. The summed E-state index contributed by atoms with van der Waals surface area (Å²) in [5, 5.41) is 3.05. The highest BCUT2D eigenvalue weighted by Crippen LogP contribution is 2.28. The molecule has 2 aromatic heterocycles. The molecule has 3 rings (SSSR count). The highest BCUT2D eigenvalue weighted by molar-refractivity contribution is 6.35. The number of halogens is 1. The van der Waals surface area contributed by atoms with E-state index >= 15 is 0 Å². The monoisotopic (exact) mass is 332 g/mol. The molecule has 122 valence electrons. The Kier molecular flexibility index (Phi) is 7.42. The number of nitrogens with zero attached hydrogens (tertiary/aromatic N) is 2. The minimum absolute atomic E-state index is 0.395. The Labute approximate surface area is 141 Å². The second-order valence-corrected chi connectivity index (χ2v) is 4.41. The van der Waals surface area contributed by atoms with Gasteiger partial charge in [-0.25, -0.2) is 9.78 Å².